The number of aliphatic hydroxyl groups excluding tert-OH is 2. The first-order valence-corrected chi connectivity index (χ1v) is 21.3. The van der Waals surface area contributed by atoms with Crippen molar-refractivity contribution in [2.45, 2.75) is 27.2 Å². The number of ketones is 4. The molecule has 4 aromatic carbocycles. The van der Waals surface area contributed by atoms with Crippen molar-refractivity contribution < 1.29 is 86.3 Å². The molecule has 0 radical (unpaired) electrons. The number of allylic oxidation sites excluding steroid dienone is 5. The number of hydrogen-bond acceptors (Lipinski definition) is 18. The molecule has 388 valence electrons. The zero-order chi connectivity index (χ0) is 54.3. The molecule has 0 heterocycles. The molecule has 0 saturated carbocycles. The molecule has 18 heteroatoms. The molecular weight excluding hydrogens is 937 g/mol. The van der Waals surface area contributed by atoms with Crippen molar-refractivity contribution in [2.24, 2.45) is 0 Å². The summed E-state index contributed by atoms with van der Waals surface area (Å²) >= 11 is 0. The molecule has 18 nitrogen and oxygen atoms in total. The van der Waals surface area contributed by atoms with Gasteiger partial charge in [-0.05, 0) is 87.0 Å². The zero-order valence-corrected chi connectivity index (χ0v) is 43.0. The summed E-state index contributed by atoms with van der Waals surface area (Å²) in [6.07, 6.45) is 12.0. The number of rotatable bonds is 22. The number of aldehydes is 1. The Kier molecular flexibility index (Phi) is 28.1. The third-order valence-electron chi connectivity index (χ3n) is 9.19. The smallest absolute Gasteiger partial charge is 0.182 e. The van der Waals surface area contributed by atoms with Crippen LogP contribution in [0.2, 0.25) is 0 Å². The van der Waals surface area contributed by atoms with Gasteiger partial charge in [-0.1, -0.05) is 12.1 Å². The monoisotopic (exact) mass is 1000 g/mol. The minimum atomic E-state index is -0.397. The van der Waals surface area contributed by atoms with Gasteiger partial charge in [0.05, 0.1) is 90.2 Å². The molecular formula is C54H64O18. The lowest BCUT2D eigenvalue weighted by Crippen LogP contribution is -1.97. The number of carbonyl (C=O) groups excluding carboxylic acids is 5. The Morgan fingerprint density at radius 2 is 0.736 bits per heavy atom. The first-order chi connectivity index (χ1) is 34.3. The SMILES string of the molecule is CC(=O)CC(C)=O.COc1cc(OC)c(OC)cc1/C=C/C(=O)C=C(O)/C=C/c1ccc(OC)c(OC)c1.COc1cc(OC)c(OC)cc1/C=C/C(O)=C/C(C)=O.COc1cc(OC)c(OC)cc1C=O. The standard InChI is InChI=1S/C24H26O7.C15H18O5.C10H12O4.C5H8O2/c1-27-20-11-7-16(12-22(20)29-3)6-9-18(25)14-19(26)10-8-17-13-23(30-4)24(31-5)15-21(17)28-2;1-10(16)7-12(17)6-5-11-8-14(19-3)15(20-4)9-13(11)18-2;1-12-8-5-10(14-3)9(13-2)4-7(8)6-11;1-4(6)3-5(2)7/h6-15,25H,1-5H3;5-9,17H,1-4H3;4-6H,1-3H3;3H2,1-2H3/b9-6+,10-8+,18-14?;6-5+,12-7-;;. The van der Waals surface area contributed by atoms with Crippen LogP contribution >= 0.6 is 0 Å². The molecule has 4 aromatic rings. The quantitative estimate of drug-likeness (QED) is 0.0246. The normalized spacial score (nSPS) is 10.8. The summed E-state index contributed by atoms with van der Waals surface area (Å²) in [4.78, 5) is 53.8. The molecule has 72 heavy (non-hydrogen) atoms. The maximum Gasteiger partial charge on any atom is 0.182 e. The van der Waals surface area contributed by atoms with Crippen molar-refractivity contribution >= 4 is 47.6 Å². The van der Waals surface area contributed by atoms with E-state index in [0.717, 1.165) is 17.7 Å². The van der Waals surface area contributed by atoms with Crippen molar-refractivity contribution in [3.63, 3.8) is 0 Å². The molecule has 0 amide bonds. The van der Waals surface area contributed by atoms with E-state index in [4.69, 9.17) is 52.1 Å². The van der Waals surface area contributed by atoms with E-state index in [1.165, 1.54) is 103 Å². The Balaban J connectivity index is 0.000000540. The summed E-state index contributed by atoms with van der Waals surface area (Å²) in [6.45, 7) is 4.17. The molecule has 0 bridgehead atoms. The molecule has 0 saturated heterocycles. The van der Waals surface area contributed by atoms with E-state index in [1.807, 2.05) is 0 Å². The van der Waals surface area contributed by atoms with Crippen LogP contribution in [0.1, 0.15) is 54.2 Å². The maximum absolute atomic E-state index is 12.2. The van der Waals surface area contributed by atoms with E-state index < -0.39 is 5.78 Å². The summed E-state index contributed by atoms with van der Waals surface area (Å²) in [5.74, 6) is 4.80. The van der Waals surface area contributed by atoms with Gasteiger partial charge in [0.25, 0.3) is 0 Å². The third-order valence-corrected chi connectivity index (χ3v) is 9.19. The van der Waals surface area contributed by atoms with Crippen LogP contribution in [0, 0.1) is 0 Å². The van der Waals surface area contributed by atoms with Gasteiger partial charge in [0.1, 0.15) is 40.3 Å². The largest absolute Gasteiger partial charge is 0.508 e. The van der Waals surface area contributed by atoms with Crippen molar-refractivity contribution in [3.8, 4) is 63.2 Å². The minimum absolute atomic E-state index is 0.0625. The first kappa shape index (κ1) is 61.3. The van der Waals surface area contributed by atoms with Crippen LogP contribution in [0.15, 0.2) is 96.5 Å². The lowest BCUT2D eigenvalue weighted by molar-refractivity contribution is -0.124. The van der Waals surface area contributed by atoms with Gasteiger partial charge in [0.2, 0.25) is 0 Å². The lowest BCUT2D eigenvalue weighted by Gasteiger charge is -2.12. The van der Waals surface area contributed by atoms with E-state index in [9.17, 15) is 34.2 Å². The Bertz CT molecular complexity index is 2590. The van der Waals surface area contributed by atoms with E-state index in [-0.39, 0.29) is 35.3 Å². The molecule has 0 fully saturated rings. The molecule has 0 spiro atoms. The minimum Gasteiger partial charge on any atom is -0.508 e. The second-order valence-corrected chi connectivity index (χ2v) is 14.3. The van der Waals surface area contributed by atoms with Crippen molar-refractivity contribution in [1.29, 1.82) is 0 Å². The van der Waals surface area contributed by atoms with Gasteiger partial charge in [-0.3, -0.25) is 24.0 Å². The maximum atomic E-state index is 12.2. The number of hydrogen-bond donors (Lipinski definition) is 2. The lowest BCUT2D eigenvalue weighted by atomic mass is 10.1. The van der Waals surface area contributed by atoms with Crippen molar-refractivity contribution in [3.05, 3.63) is 119 Å². The molecule has 0 aliphatic carbocycles. The van der Waals surface area contributed by atoms with E-state index in [0.29, 0.717) is 86.2 Å². The van der Waals surface area contributed by atoms with Gasteiger partial charge in [-0.15, -0.1) is 0 Å². The second kappa shape index (κ2) is 33.0. The van der Waals surface area contributed by atoms with Crippen molar-refractivity contribution in [2.75, 3.05) is 78.2 Å². The molecule has 0 aromatic heterocycles. The summed E-state index contributed by atoms with van der Waals surface area (Å²) in [5.41, 5.74) is 2.52. The Hall–Kier alpha value is -8.67. The summed E-state index contributed by atoms with van der Waals surface area (Å²) in [5, 5.41) is 19.6. The van der Waals surface area contributed by atoms with Gasteiger partial charge < -0.3 is 62.3 Å². The van der Waals surface area contributed by atoms with E-state index >= 15 is 0 Å². The molecule has 0 unspecified atom stereocenters. The molecule has 0 atom stereocenters. The molecule has 0 aliphatic heterocycles. The van der Waals surface area contributed by atoms with Crippen LogP contribution in [-0.4, -0.2) is 118 Å². The first-order valence-electron chi connectivity index (χ1n) is 21.3. The van der Waals surface area contributed by atoms with Gasteiger partial charge in [0.15, 0.2) is 63.8 Å². The fraction of sp³-hybridized carbons (Fsp3) is 0.278. The van der Waals surface area contributed by atoms with Crippen LogP contribution < -0.4 is 52.1 Å². The fourth-order valence-electron chi connectivity index (χ4n) is 5.85. The number of carbonyl (C=O) groups is 5. The van der Waals surface area contributed by atoms with Gasteiger partial charge in [-0.25, -0.2) is 0 Å². The zero-order valence-electron chi connectivity index (χ0n) is 43.0. The summed E-state index contributed by atoms with van der Waals surface area (Å²) < 4.78 is 57.0. The van der Waals surface area contributed by atoms with Crippen molar-refractivity contribution in [1.82, 2.24) is 0 Å². The van der Waals surface area contributed by atoms with Gasteiger partial charge in [0, 0.05) is 41.5 Å². The summed E-state index contributed by atoms with van der Waals surface area (Å²) in [6, 6.07) is 15.3. The highest BCUT2D eigenvalue weighted by molar-refractivity contribution is 6.02. The highest BCUT2D eigenvalue weighted by Crippen LogP contribution is 2.37. The van der Waals surface area contributed by atoms with Crippen LogP contribution in [0.3, 0.4) is 0 Å². The predicted octanol–water partition coefficient (Wildman–Crippen LogP) is 9.30. The predicted molar refractivity (Wildman–Crippen MR) is 273 cm³/mol. The number of Topliss-reactive ketones (excluding diaryl/α,β-unsaturated/α-hetero) is 2. The number of ether oxygens (including phenoxy) is 11. The van der Waals surface area contributed by atoms with Crippen LogP contribution in [-0.2, 0) is 19.2 Å². The number of benzene rings is 4. The molecule has 4 rings (SSSR count). The number of methoxy groups -OCH3 is 11. The average Bonchev–Trinajstić information content (AvgIpc) is 3.37. The average molecular weight is 1000 g/mol. The van der Waals surface area contributed by atoms with Crippen LogP contribution in [0.25, 0.3) is 18.2 Å². The fourth-order valence-corrected chi connectivity index (χ4v) is 5.85. The third kappa shape index (κ3) is 20.9. The van der Waals surface area contributed by atoms with Crippen LogP contribution in [0.5, 0.6) is 63.2 Å². The topological polar surface area (TPSA) is 227 Å². The summed E-state index contributed by atoms with van der Waals surface area (Å²) in [7, 11) is 16.8. The van der Waals surface area contributed by atoms with Crippen LogP contribution in [0.4, 0.5) is 0 Å². The molecule has 2 N–H and O–H groups in total. The highest BCUT2D eigenvalue weighted by atomic mass is 16.5. The highest BCUT2D eigenvalue weighted by Gasteiger charge is 2.13. The Labute approximate surface area is 420 Å². The van der Waals surface area contributed by atoms with E-state index in [2.05, 4.69) is 0 Å². The second-order valence-electron chi connectivity index (χ2n) is 14.3. The van der Waals surface area contributed by atoms with Gasteiger partial charge >= 0.3 is 0 Å². The molecule has 0 aliphatic rings. The van der Waals surface area contributed by atoms with E-state index in [1.54, 1.807) is 87.0 Å². The Morgan fingerprint density at radius 1 is 0.403 bits per heavy atom. The van der Waals surface area contributed by atoms with Gasteiger partial charge in [-0.2, -0.15) is 0 Å². The number of aliphatic hydroxyl groups is 2. The Morgan fingerprint density at radius 3 is 1.10 bits per heavy atom.